The maximum Gasteiger partial charge on any atom is 0.142 e. The highest BCUT2D eigenvalue weighted by Gasteiger charge is 2.53. The van der Waals surface area contributed by atoms with Gasteiger partial charge in [0.15, 0.2) is 0 Å². The van der Waals surface area contributed by atoms with Gasteiger partial charge in [-0.1, -0.05) is 23.7 Å². The largest absolute Gasteiger partial charge is 0.373 e. The van der Waals surface area contributed by atoms with Crippen molar-refractivity contribution in [3.8, 4) is 6.07 Å². The van der Waals surface area contributed by atoms with E-state index in [-0.39, 0.29) is 17.2 Å². The van der Waals surface area contributed by atoms with E-state index in [4.69, 9.17) is 16.3 Å². The first-order valence-electron chi connectivity index (χ1n) is 6.14. The molecule has 94 valence electrons. The molecule has 2 bridgehead atoms. The molecule has 0 radical (unpaired) electrons. The summed E-state index contributed by atoms with van der Waals surface area (Å²) in [7, 11) is 0. The van der Waals surface area contributed by atoms with Crippen molar-refractivity contribution in [2.24, 2.45) is 5.41 Å². The Morgan fingerprint density at radius 1 is 1.50 bits per heavy atom. The Balaban J connectivity index is 1.92. The summed E-state index contributed by atoms with van der Waals surface area (Å²) in [6.07, 6.45) is 3.34. The summed E-state index contributed by atoms with van der Waals surface area (Å²) < 4.78 is 19.2. The molecule has 0 aromatic heterocycles. The highest BCUT2D eigenvalue weighted by atomic mass is 35.5. The van der Waals surface area contributed by atoms with Gasteiger partial charge in [-0.15, -0.1) is 0 Å². The summed E-state index contributed by atoms with van der Waals surface area (Å²) in [5.74, 6) is -0.425. The second-order valence-corrected chi connectivity index (χ2v) is 5.56. The van der Waals surface area contributed by atoms with Gasteiger partial charge in [0.25, 0.3) is 0 Å². The monoisotopic (exact) mass is 265 g/mol. The van der Waals surface area contributed by atoms with Gasteiger partial charge in [0.1, 0.15) is 5.82 Å². The van der Waals surface area contributed by atoms with E-state index in [0.717, 1.165) is 19.3 Å². The van der Waals surface area contributed by atoms with E-state index in [9.17, 15) is 9.65 Å². The van der Waals surface area contributed by atoms with Crippen LogP contribution in [0.15, 0.2) is 18.2 Å². The van der Waals surface area contributed by atoms with Gasteiger partial charge in [0.05, 0.1) is 28.7 Å². The minimum absolute atomic E-state index is 0.0214. The maximum absolute atomic E-state index is 13.4. The Labute approximate surface area is 110 Å². The number of hydrogen-bond acceptors (Lipinski definition) is 2. The molecule has 0 spiro atoms. The van der Waals surface area contributed by atoms with Gasteiger partial charge >= 0.3 is 0 Å². The molecule has 2 aliphatic heterocycles. The third-order valence-electron chi connectivity index (χ3n) is 4.08. The van der Waals surface area contributed by atoms with Crippen LogP contribution in [0.4, 0.5) is 4.39 Å². The second kappa shape index (κ2) is 4.22. The zero-order chi connectivity index (χ0) is 12.8. The van der Waals surface area contributed by atoms with Crippen molar-refractivity contribution in [1.82, 2.24) is 0 Å². The first-order valence-corrected chi connectivity index (χ1v) is 6.52. The van der Waals surface area contributed by atoms with Crippen LogP contribution in [0.25, 0.3) is 0 Å². The summed E-state index contributed by atoms with van der Waals surface area (Å²) in [6, 6.07) is 7.16. The molecule has 0 amide bonds. The fourth-order valence-electron chi connectivity index (χ4n) is 3.17. The topological polar surface area (TPSA) is 33.0 Å². The molecule has 2 saturated heterocycles. The molecule has 0 saturated carbocycles. The minimum atomic E-state index is -0.527. The minimum Gasteiger partial charge on any atom is -0.373 e. The van der Waals surface area contributed by atoms with Crippen LogP contribution in [0.3, 0.4) is 0 Å². The van der Waals surface area contributed by atoms with E-state index >= 15 is 0 Å². The lowest BCUT2D eigenvalue weighted by Gasteiger charge is -2.28. The molecule has 3 unspecified atom stereocenters. The average Bonchev–Trinajstić information content (AvgIpc) is 2.96. The first kappa shape index (κ1) is 12.0. The molecule has 0 aliphatic carbocycles. The number of ether oxygens (including phenoxy) is 1. The molecule has 2 aliphatic rings. The predicted octanol–water partition coefficient (Wildman–Crippen LogP) is 3.48. The van der Waals surface area contributed by atoms with Crippen LogP contribution in [-0.2, 0) is 11.2 Å². The van der Waals surface area contributed by atoms with Crippen LogP contribution in [-0.4, -0.2) is 12.2 Å². The Morgan fingerprint density at radius 2 is 2.33 bits per heavy atom. The molecule has 18 heavy (non-hydrogen) atoms. The summed E-state index contributed by atoms with van der Waals surface area (Å²) >= 11 is 5.97. The van der Waals surface area contributed by atoms with E-state index in [1.165, 1.54) is 6.07 Å². The van der Waals surface area contributed by atoms with Gasteiger partial charge in [-0.25, -0.2) is 4.39 Å². The third kappa shape index (κ3) is 1.72. The van der Waals surface area contributed by atoms with Gasteiger partial charge < -0.3 is 4.74 Å². The van der Waals surface area contributed by atoms with Crippen molar-refractivity contribution in [3.05, 3.63) is 34.6 Å². The predicted molar refractivity (Wildman–Crippen MR) is 65.7 cm³/mol. The summed E-state index contributed by atoms with van der Waals surface area (Å²) in [6.45, 7) is 0. The fraction of sp³-hybridized carbons (Fsp3) is 0.500. The lowest BCUT2D eigenvalue weighted by atomic mass is 9.71. The van der Waals surface area contributed by atoms with Crippen molar-refractivity contribution < 1.29 is 9.13 Å². The Morgan fingerprint density at radius 3 is 2.94 bits per heavy atom. The summed E-state index contributed by atoms with van der Waals surface area (Å²) in [4.78, 5) is 0. The van der Waals surface area contributed by atoms with Crippen LogP contribution >= 0.6 is 11.6 Å². The second-order valence-electron chi connectivity index (χ2n) is 5.19. The average molecular weight is 266 g/mol. The Hall–Kier alpha value is -1.11. The molecular formula is C14H13ClFNO. The zero-order valence-electron chi connectivity index (χ0n) is 9.83. The molecule has 1 aromatic carbocycles. The van der Waals surface area contributed by atoms with Gasteiger partial charge in [-0.05, 0) is 37.3 Å². The zero-order valence-corrected chi connectivity index (χ0v) is 10.6. The van der Waals surface area contributed by atoms with Gasteiger partial charge in [-0.3, -0.25) is 0 Å². The molecular weight excluding hydrogens is 253 g/mol. The van der Waals surface area contributed by atoms with E-state index in [1.807, 2.05) is 0 Å². The van der Waals surface area contributed by atoms with Crippen LogP contribution < -0.4 is 0 Å². The molecule has 0 N–H and O–H groups in total. The van der Waals surface area contributed by atoms with Gasteiger partial charge in [0.2, 0.25) is 0 Å². The number of benzene rings is 1. The SMILES string of the molecule is N#CC1(Cc2cccc(F)c2Cl)CC2CCC1O2. The summed E-state index contributed by atoms with van der Waals surface area (Å²) in [5, 5.41) is 9.63. The maximum atomic E-state index is 13.4. The highest BCUT2D eigenvalue weighted by Crippen LogP contribution is 2.49. The van der Waals surface area contributed by atoms with Crippen molar-refractivity contribution in [1.29, 1.82) is 5.26 Å². The number of nitrogens with zero attached hydrogens (tertiary/aromatic N) is 1. The molecule has 2 fully saturated rings. The molecule has 3 atom stereocenters. The molecule has 4 heteroatoms. The summed E-state index contributed by atoms with van der Waals surface area (Å²) in [5.41, 5.74) is 0.176. The lowest BCUT2D eigenvalue weighted by molar-refractivity contribution is 0.0787. The van der Waals surface area contributed by atoms with E-state index in [0.29, 0.717) is 12.0 Å². The molecule has 1 aromatic rings. The molecule has 2 heterocycles. The van der Waals surface area contributed by atoms with Crippen molar-refractivity contribution in [2.75, 3.05) is 0 Å². The van der Waals surface area contributed by atoms with Crippen LogP contribution in [0.1, 0.15) is 24.8 Å². The van der Waals surface area contributed by atoms with E-state index in [2.05, 4.69) is 6.07 Å². The normalized spacial score (nSPS) is 33.6. The highest BCUT2D eigenvalue weighted by molar-refractivity contribution is 6.31. The molecule has 3 rings (SSSR count). The van der Waals surface area contributed by atoms with E-state index in [1.54, 1.807) is 12.1 Å². The van der Waals surface area contributed by atoms with Gasteiger partial charge in [-0.2, -0.15) is 5.26 Å². The van der Waals surface area contributed by atoms with Crippen molar-refractivity contribution in [2.45, 2.75) is 37.9 Å². The first-order chi connectivity index (χ1) is 8.64. The quantitative estimate of drug-likeness (QED) is 0.820. The van der Waals surface area contributed by atoms with Crippen LogP contribution in [0.2, 0.25) is 5.02 Å². The number of rotatable bonds is 2. The number of halogens is 2. The van der Waals surface area contributed by atoms with Crippen molar-refractivity contribution >= 4 is 11.6 Å². The van der Waals surface area contributed by atoms with E-state index < -0.39 is 11.2 Å². The van der Waals surface area contributed by atoms with Crippen LogP contribution in [0, 0.1) is 22.6 Å². The van der Waals surface area contributed by atoms with Crippen LogP contribution in [0.5, 0.6) is 0 Å². The standard InChI is InChI=1S/C14H13ClFNO/c15-13-9(2-1-3-11(13)16)6-14(8-17)7-10-4-5-12(14)18-10/h1-3,10,12H,4-7H2. The number of hydrogen-bond donors (Lipinski definition) is 0. The van der Waals surface area contributed by atoms with Crippen molar-refractivity contribution in [3.63, 3.8) is 0 Å². The fourth-order valence-corrected chi connectivity index (χ4v) is 3.36. The lowest BCUT2D eigenvalue weighted by Crippen LogP contribution is -2.33. The Kier molecular flexibility index (Phi) is 2.80. The molecule has 2 nitrogen and oxygen atoms in total. The van der Waals surface area contributed by atoms with Gasteiger partial charge in [0, 0.05) is 0 Å². The third-order valence-corrected chi connectivity index (χ3v) is 4.50. The smallest absolute Gasteiger partial charge is 0.142 e. The number of nitriles is 1. The Bertz CT molecular complexity index is 527. The number of fused-ring (bicyclic) bond motifs is 2.